The van der Waals surface area contributed by atoms with Gasteiger partial charge in [-0.3, -0.25) is 19.3 Å². The van der Waals surface area contributed by atoms with Crippen LogP contribution in [-0.2, 0) is 24.2 Å². The number of carbonyl (C=O) groups is 4. The highest BCUT2D eigenvalue weighted by Crippen LogP contribution is 2.28. The molecule has 2 heterocycles. The van der Waals surface area contributed by atoms with E-state index in [0.717, 1.165) is 17.7 Å². The number of likely N-dealkylation sites (N-methyl/N-ethyl adjacent to an activating group) is 1. The summed E-state index contributed by atoms with van der Waals surface area (Å²) in [6.07, 6.45) is 3.47. The second-order valence-electron chi connectivity index (χ2n) is 6.85. The molecular formula is C15H21N3O6S. The minimum atomic E-state index is -3.16. The van der Waals surface area contributed by atoms with Gasteiger partial charge in [0, 0.05) is 19.1 Å². The van der Waals surface area contributed by atoms with Crippen LogP contribution in [0.15, 0.2) is 0 Å². The van der Waals surface area contributed by atoms with Crippen LogP contribution in [0.5, 0.6) is 0 Å². The number of amides is 5. The van der Waals surface area contributed by atoms with E-state index < -0.39 is 46.2 Å². The molecule has 9 nitrogen and oxygen atoms in total. The third-order valence-corrected chi connectivity index (χ3v) is 6.97. The maximum atomic E-state index is 12.4. The van der Waals surface area contributed by atoms with Gasteiger partial charge in [0.05, 0.1) is 11.5 Å². The van der Waals surface area contributed by atoms with E-state index in [-0.39, 0.29) is 17.5 Å². The van der Waals surface area contributed by atoms with E-state index in [1.54, 1.807) is 0 Å². The van der Waals surface area contributed by atoms with E-state index in [1.807, 2.05) is 0 Å². The van der Waals surface area contributed by atoms with Gasteiger partial charge in [-0.15, -0.1) is 0 Å². The first-order valence-corrected chi connectivity index (χ1v) is 10.2. The predicted octanol–water partition coefficient (Wildman–Crippen LogP) is -0.635. The van der Waals surface area contributed by atoms with E-state index >= 15 is 0 Å². The average Bonchev–Trinajstić information content (AvgIpc) is 3.24. The van der Waals surface area contributed by atoms with Crippen molar-refractivity contribution in [2.75, 3.05) is 25.1 Å². The fraction of sp³-hybridized carbons (Fsp3) is 0.733. The Morgan fingerprint density at radius 3 is 2.32 bits per heavy atom. The Morgan fingerprint density at radius 1 is 1.12 bits per heavy atom. The minimum absolute atomic E-state index is 0.0187. The van der Waals surface area contributed by atoms with Gasteiger partial charge in [-0.05, 0) is 19.3 Å². The molecule has 0 aromatic rings. The first-order chi connectivity index (χ1) is 11.7. The van der Waals surface area contributed by atoms with Gasteiger partial charge in [-0.1, -0.05) is 12.8 Å². The van der Waals surface area contributed by atoms with Crippen LogP contribution in [-0.4, -0.2) is 84.1 Å². The number of urea groups is 1. The fourth-order valence-electron chi connectivity index (χ4n) is 3.68. The number of sulfone groups is 1. The van der Waals surface area contributed by atoms with Crippen molar-refractivity contribution < 1.29 is 27.6 Å². The van der Waals surface area contributed by atoms with Crippen LogP contribution >= 0.6 is 0 Å². The van der Waals surface area contributed by atoms with Gasteiger partial charge in [-0.25, -0.2) is 18.1 Å². The molecule has 2 aliphatic heterocycles. The zero-order valence-corrected chi connectivity index (χ0v) is 14.8. The lowest BCUT2D eigenvalue weighted by Crippen LogP contribution is -2.46. The maximum absolute atomic E-state index is 12.4. The molecule has 0 N–H and O–H groups in total. The number of carbonyl (C=O) groups excluding carboxylic acids is 4. The van der Waals surface area contributed by atoms with Crippen LogP contribution < -0.4 is 0 Å². The molecule has 3 aliphatic rings. The summed E-state index contributed by atoms with van der Waals surface area (Å²) in [5, 5.41) is 0. The quantitative estimate of drug-likeness (QED) is 0.480. The summed E-state index contributed by atoms with van der Waals surface area (Å²) in [5.41, 5.74) is 0. The molecule has 2 saturated heterocycles. The lowest BCUT2D eigenvalue weighted by Gasteiger charge is -2.25. The number of imide groups is 2. The van der Waals surface area contributed by atoms with Crippen molar-refractivity contribution in [2.45, 2.75) is 44.2 Å². The van der Waals surface area contributed by atoms with Crippen LogP contribution in [0.25, 0.3) is 0 Å². The number of rotatable bonds is 4. The number of nitrogens with zero attached hydrogens (tertiary/aromatic N) is 3. The summed E-state index contributed by atoms with van der Waals surface area (Å²) in [6, 6.07) is -1.49. The van der Waals surface area contributed by atoms with Gasteiger partial charge >= 0.3 is 17.8 Å². The van der Waals surface area contributed by atoms with Gasteiger partial charge < -0.3 is 4.90 Å². The van der Waals surface area contributed by atoms with Crippen molar-refractivity contribution in [3.05, 3.63) is 0 Å². The Kier molecular flexibility index (Phi) is 4.56. The maximum Gasteiger partial charge on any atom is 0.334 e. The van der Waals surface area contributed by atoms with E-state index in [9.17, 15) is 27.6 Å². The zero-order chi connectivity index (χ0) is 18.4. The van der Waals surface area contributed by atoms with E-state index in [1.165, 1.54) is 11.9 Å². The van der Waals surface area contributed by atoms with E-state index in [2.05, 4.69) is 0 Å². The Balaban J connectivity index is 1.67. The Bertz CT molecular complexity index is 728. The summed E-state index contributed by atoms with van der Waals surface area (Å²) in [5.74, 6) is -2.52. The largest absolute Gasteiger partial charge is 0.340 e. The lowest BCUT2D eigenvalue weighted by molar-refractivity contribution is -0.145. The number of hydrogen-bond acceptors (Lipinski definition) is 6. The second kappa shape index (κ2) is 6.40. The van der Waals surface area contributed by atoms with Crippen molar-refractivity contribution in [1.29, 1.82) is 0 Å². The van der Waals surface area contributed by atoms with Crippen molar-refractivity contribution >= 4 is 33.6 Å². The number of hydrogen-bond donors (Lipinski definition) is 0. The summed E-state index contributed by atoms with van der Waals surface area (Å²) in [6.45, 7) is -0.542. The normalized spacial score (nSPS) is 26.8. The molecule has 1 saturated carbocycles. The zero-order valence-electron chi connectivity index (χ0n) is 14.0. The van der Waals surface area contributed by atoms with Crippen LogP contribution in [0.3, 0.4) is 0 Å². The molecule has 5 amide bonds. The molecule has 3 fully saturated rings. The van der Waals surface area contributed by atoms with Crippen molar-refractivity contribution in [2.24, 2.45) is 0 Å². The summed E-state index contributed by atoms with van der Waals surface area (Å²) in [7, 11) is -1.70. The average molecular weight is 371 g/mol. The van der Waals surface area contributed by atoms with Crippen LogP contribution in [0.2, 0.25) is 0 Å². The second-order valence-corrected chi connectivity index (χ2v) is 9.08. The molecule has 0 spiro atoms. The highest BCUT2D eigenvalue weighted by Gasteiger charge is 2.49. The molecule has 0 unspecified atom stereocenters. The third-order valence-electron chi connectivity index (χ3n) is 5.22. The Labute approximate surface area is 145 Å². The summed E-state index contributed by atoms with van der Waals surface area (Å²) in [4.78, 5) is 51.9. The third kappa shape index (κ3) is 3.26. The smallest absolute Gasteiger partial charge is 0.334 e. The standard InChI is InChI=1S/C15H21N3O6S/c1-16(11-6-7-25(23,24)9-11)12(19)8-17-13(20)14(21)18(15(17)22)10-4-2-3-5-10/h10-11H,2-9H2,1H3/t11-/m0/s1. The molecule has 25 heavy (non-hydrogen) atoms. The lowest BCUT2D eigenvalue weighted by atomic mass is 10.2. The molecule has 1 aliphatic carbocycles. The molecule has 0 radical (unpaired) electrons. The van der Waals surface area contributed by atoms with Crippen molar-refractivity contribution in [3.8, 4) is 0 Å². The van der Waals surface area contributed by atoms with Crippen LogP contribution in [0.1, 0.15) is 32.1 Å². The van der Waals surface area contributed by atoms with Crippen molar-refractivity contribution in [3.63, 3.8) is 0 Å². The topological polar surface area (TPSA) is 112 Å². The fourth-order valence-corrected chi connectivity index (χ4v) is 5.45. The molecule has 138 valence electrons. The molecule has 1 atom stereocenters. The van der Waals surface area contributed by atoms with Gasteiger partial charge in [0.1, 0.15) is 6.54 Å². The summed E-state index contributed by atoms with van der Waals surface area (Å²) >= 11 is 0. The molecule has 10 heteroatoms. The van der Waals surface area contributed by atoms with Gasteiger partial charge in [0.2, 0.25) is 5.91 Å². The van der Waals surface area contributed by atoms with Gasteiger partial charge in [0.25, 0.3) is 0 Å². The van der Waals surface area contributed by atoms with Gasteiger partial charge in [-0.2, -0.15) is 0 Å². The minimum Gasteiger partial charge on any atom is -0.340 e. The Hall–Kier alpha value is -1.97. The highest BCUT2D eigenvalue weighted by molar-refractivity contribution is 7.91. The summed E-state index contributed by atoms with van der Waals surface area (Å²) < 4.78 is 23.1. The first-order valence-electron chi connectivity index (χ1n) is 8.36. The van der Waals surface area contributed by atoms with Crippen molar-refractivity contribution in [1.82, 2.24) is 14.7 Å². The molecule has 3 rings (SSSR count). The first kappa shape index (κ1) is 17.8. The SMILES string of the molecule is CN(C(=O)CN1C(=O)C(=O)N(C2CCCC2)C1=O)[C@H]1CCS(=O)(=O)C1. The molecular weight excluding hydrogens is 350 g/mol. The van der Waals surface area contributed by atoms with Crippen LogP contribution in [0, 0.1) is 0 Å². The Morgan fingerprint density at radius 2 is 1.76 bits per heavy atom. The van der Waals surface area contributed by atoms with E-state index in [0.29, 0.717) is 24.2 Å². The van der Waals surface area contributed by atoms with Gasteiger partial charge in [0.15, 0.2) is 9.84 Å². The van der Waals surface area contributed by atoms with E-state index in [4.69, 9.17) is 0 Å². The molecule has 0 aromatic heterocycles. The highest BCUT2D eigenvalue weighted by atomic mass is 32.2. The molecule has 0 aromatic carbocycles. The monoisotopic (exact) mass is 371 g/mol. The predicted molar refractivity (Wildman–Crippen MR) is 86.0 cm³/mol. The molecule has 0 bridgehead atoms. The van der Waals surface area contributed by atoms with Crippen LogP contribution in [0.4, 0.5) is 4.79 Å².